The van der Waals surface area contributed by atoms with Gasteiger partial charge in [-0.1, -0.05) is 53.2 Å². The van der Waals surface area contributed by atoms with Gasteiger partial charge in [0.05, 0.1) is 11.1 Å². The summed E-state index contributed by atoms with van der Waals surface area (Å²) in [7, 11) is 1.92. The molecule has 2 aromatic carbocycles. The molecule has 166 valence electrons. The summed E-state index contributed by atoms with van der Waals surface area (Å²) in [4.78, 5) is 22.6. The van der Waals surface area contributed by atoms with E-state index in [-0.39, 0.29) is 5.56 Å². The van der Waals surface area contributed by atoms with Crippen LogP contribution in [0.3, 0.4) is 0 Å². The van der Waals surface area contributed by atoms with Crippen molar-refractivity contribution in [3.05, 3.63) is 80.2 Å². The van der Waals surface area contributed by atoms with Gasteiger partial charge in [-0.25, -0.2) is 4.98 Å². The van der Waals surface area contributed by atoms with E-state index < -0.39 is 0 Å². The molecular formula is C24H20ClN5OS2. The molecule has 0 aliphatic rings. The average molecular weight is 494 g/mol. The number of benzene rings is 2. The van der Waals surface area contributed by atoms with Crippen molar-refractivity contribution in [3.8, 4) is 22.5 Å². The molecule has 0 unspecified atom stereocenters. The zero-order valence-electron chi connectivity index (χ0n) is 18.2. The van der Waals surface area contributed by atoms with Gasteiger partial charge in [0.2, 0.25) is 0 Å². The minimum absolute atomic E-state index is 0.115. The first-order chi connectivity index (χ1) is 15.9. The molecule has 5 rings (SSSR count). The Morgan fingerprint density at radius 2 is 1.73 bits per heavy atom. The van der Waals surface area contributed by atoms with Gasteiger partial charge >= 0.3 is 0 Å². The molecule has 33 heavy (non-hydrogen) atoms. The zero-order valence-corrected chi connectivity index (χ0v) is 20.6. The maximum absolute atomic E-state index is 13.0. The predicted molar refractivity (Wildman–Crippen MR) is 136 cm³/mol. The van der Waals surface area contributed by atoms with E-state index in [1.54, 1.807) is 11.3 Å². The molecule has 3 heterocycles. The van der Waals surface area contributed by atoms with Crippen LogP contribution in [0.15, 0.2) is 58.5 Å². The van der Waals surface area contributed by atoms with E-state index in [1.165, 1.54) is 17.3 Å². The number of thiophene rings is 1. The highest BCUT2D eigenvalue weighted by Crippen LogP contribution is 2.36. The summed E-state index contributed by atoms with van der Waals surface area (Å²) in [6, 6.07) is 15.7. The summed E-state index contributed by atoms with van der Waals surface area (Å²) in [5.41, 5.74) is 4.00. The number of nitrogens with zero attached hydrogens (tertiary/aromatic N) is 4. The molecule has 0 saturated carbocycles. The van der Waals surface area contributed by atoms with Crippen molar-refractivity contribution in [2.24, 2.45) is 7.05 Å². The standard InChI is InChI=1S/C24H20ClN5OS2/c1-13-4-6-15(7-5-13)19-14(2)33-23-20(19)22(31)26-18(27-23)12-32-24-29-28-21(30(24)3)16-8-10-17(25)11-9-16/h4-11H,12H2,1-3H3,(H,26,27,31). The van der Waals surface area contributed by atoms with Crippen LogP contribution in [0.5, 0.6) is 0 Å². The predicted octanol–water partition coefficient (Wildman–Crippen LogP) is 6.01. The van der Waals surface area contributed by atoms with Crippen molar-refractivity contribution in [2.45, 2.75) is 24.8 Å². The van der Waals surface area contributed by atoms with Gasteiger partial charge in [-0.15, -0.1) is 21.5 Å². The number of H-pyrrole nitrogens is 1. The average Bonchev–Trinajstić information content (AvgIpc) is 3.33. The van der Waals surface area contributed by atoms with Gasteiger partial charge in [-0.2, -0.15) is 0 Å². The summed E-state index contributed by atoms with van der Waals surface area (Å²) < 4.78 is 1.93. The Labute approximate surface area is 203 Å². The number of thioether (sulfide) groups is 1. The Kier molecular flexibility index (Phi) is 5.82. The number of hydrogen-bond acceptors (Lipinski definition) is 6. The maximum Gasteiger partial charge on any atom is 0.260 e. The third kappa shape index (κ3) is 4.21. The minimum atomic E-state index is -0.115. The Balaban J connectivity index is 1.42. The molecule has 1 N–H and O–H groups in total. The van der Waals surface area contributed by atoms with E-state index in [2.05, 4.69) is 46.4 Å². The molecular weight excluding hydrogens is 474 g/mol. The summed E-state index contributed by atoms with van der Waals surface area (Å²) >= 11 is 9.02. The van der Waals surface area contributed by atoms with Crippen LogP contribution >= 0.6 is 34.7 Å². The van der Waals surface area contributed by atoms with Crippen LogP contribution in [0.1, 0.15) is 16.3 Å². The third-order valence-corrected chi connectivity index (χ3v) is 7.69. The number of hydrogen-bond donors (Lipinski definition) is 1. The molecule has 0 aliphatic carbocycles. The zero-order chi connectivity index (χ0) is 23.1. The van der Waals surface area contributed by atoms with Gasteiger partial charge in [0, 0.05) is 28.1 Å². The summed E-state index contributed by atoms with van der Waals surface area (Å²) in [6.07, 6.45) is 0. The Morgan fingerprint density at radius 1 is 1.03 bits per heavy atom. The number of halogens is 1. The second kappa shape index (κ2) is 8.78. The number of nitrogens with one attached hydrogen (secondary N) is 1. The lowest BCUT2D eigenvalue weighted by Gasteiger charge is -2.05. The van der Waals surface area contributed by atoms with E-state index >= 15 is 0 Å². The number of aromatic nitrogens is 5. The lowest BCUT2D eigenvalue weighted by atomic mass is 10.0. The largest absolute Gasteiger partial charge is 0.309 e. The summed E-state index contributed by atoms with van der Waals surface area (Å²) in [5, 5.41) is 10.7. The molecule has 5 aromatic rings. The summed E-state index contributed by atoms with van der Waals surface area (Å²) in [6.45, 7) is 4.09. The molecule has 0 saturated heterocycles. The monoisotopic (exact) mass is 493 g/mol. The molecule has 0 spiro atoms. The van der Waals surface area contributed by atoms with E-state index in [4.69, 9.17) is 16.6 Å². The quantitative estimate of drug-likeness (QED) is 0.303. The fourth-order valence-electron chi connectivity index (χ4n) is 3.72. The molecule has 3 aromatic heterocycles. The van der Waals surface area contributed by atoms with Crippen molar-refractivity contribution >= 4 is 44.9 Å². The highest BCUT2D eigenvalue weighted by molar-refractivity contribution is 7.98. The molecule has 0 fully saturated rings. The van der Waals surface area contributed by atoms with E-state index in [0.717, 1.165) is 37.4 Å². The number of rotatable bonds is 5. The first kappa shape index (κ1) is 21.9. The van der Waals surface area contributed by atoms with Gasteiger partial charge in [0.15, 0.2) is 11.0 Å². The second-order valence-electron chi connectivity index (χ2n) is 7.75. The molecule has 0 amide bonds. The second-order valence-corrected chi connectivity index (χ2v) is 10.3. The van der Waals surface area contributed by atoms with Crippen LogP contribution in [0.25, 0.3) is 32.7 Å². The minimum Gasteiger partial charge on any atom is -0.309 e. The Morgan fingerprint density at radius 3 is 2.45 bits per heavy atom. The van der Waals surface area contributed by atoms with Gasteiger partial charge in [-0.05, 0) is 43.7 Å². The smallest absolute Gasteiger partial charge is 0.260 e. The third-order valence-electron chi connectivity index (χ3n) is 5.40. The normalized spacial score (nSPS) is 11.4. The lowest BCUT2D eigenvalue weighted by molar-refractivity contribution is 0.793. The summed E-state index contributed by atoms with van der Waals surface area (Å²) in [5.74, 6) is 1.85. The number of fused-ring (bicyclic) bond motifs is 1. The van der Waals surface area contributed by atoms with E-state index in [9.17, 15) is 4.79 Å². The first-order valence-corrected chi connectivity index (χ1v) is 12.5. The van der Waals surface area contributed by atoms with E-state index in [1.807, 2.05) is 42.8 Å². The number of aryl methyl sites for hydroxylation is 2. The fraction of sp³-hybridized carbons (Fsp3) is 0.167. The van der Waals surface area contributed by atoms with Crippen LogP contribution in [0, 0.1) is 13.8 Å². The van der Waals surface area contributed by atoms with Crippen molar-refractivity contribution in [3.63, 3.8) is 0 Å². The molecule has 0 radical (unpaired) electrons. The van der Waals surface area contributed by atoms with Gasteiger partial charge in [0.1, 0.15) is 10.7 Å². The van der Waals surface area contributed by atoms with Crippen LogP contribution in [-0.2, 0) is 12.8 Å². The SMILES string of the molecule is Cc1ccc(-c2c(C)sc3nc(CSc4nnc(-c5ccc(Cl)cc5)n4C)[nH]c(=O)c23)cc1. The van der Waals surface area contributed by atoms with E-state index in [0.29, 0.717) is 22.0 Å². The molecule has 6 nitrogen and oxygen atoms in total. The van der Waals surface area contributed by atoms with Crippen molar-refractivity contribution in [1.29, 1.82) is 0 Å². The Bertz CT molecular complexity index is 1520. The highest BCUT2D eigenvalue weighted by Gasteiger charge is 2.17. The Hall–Kier alpha value is -2.94. The van der Waals surface area contributed by atoms with Gasteiger partial charge in [-0.3, -0.25) is 4.79 Å². The molecule has 9 heteroatoms. The lowest BCUT2D eigenvalue weighted by Crippen LogP contribution is -2.11. The topological polar surface area (TPSA) is 76.5 Å². The fourth-order valence-corrected chi connectivity index (χ4v) is 5.70. The van der Waals surface area contributed by atoms with Crippen LogP contribution < -0.4 is 5.56 Å². The van der Waals surface area contributed by atoms with Crippen LogP contribution in [0.2, 0.25) is 5.02 Å². The highest BCUT2D eigenvalue weighted by atomic mass is 35.5. The molecule has 0 bridgehead atoms. The molecule has 0 aliphatic heterocycles. The maximum atomic E-state index is 13.0. The molecule has 0 atom stereocenters. The van der Waals surface area contributed by atoms with Crippen molar-refractivity contribution in [1.82, 2.24) is 24.7 Å². The van der Waals surface area contributed by atoms with Crippen molar-refractivity contribution in [2.75, 3.05) is 0 Å². The van der Waals surface area contributed by atoms with Crippen LogP contribution in [-0.4, -0.2) is 24.7 Å². The number of aromatic amines is 1. The first-order valence-electron chi connectivity index (χ1n) is 10.3. The van der Waals surface area contributed by atoms with Crippen LogP contribution in [0.4, 0.5) is 0 Å². The van der Waals surface area contributed by atoms with Gasteiger partial charge < -0.3 is 9.55 Å². The van der Waals surface area contributed by atoms with Gasteiger partial charge in [0.25, 0.3) is 5.56 Å². The van der Waals surface area contributed by atoms with Crippen molar-refractivity contribution < 1.29 is 0 Å².